The van der Waals surface area contributed by atoms with Gasteiger partial charge in [-0.15, -0.1) is 0 Å². The van der Waals surface area contributed by atoms with Crippen LogP contribution in [0, 0.1) is 10.1 Å². The zero-order valence-electron chi connectivity index (χ0n) is 24.9. The topological polar surface area (TPSA) is 150 Å². The van der Waals surface area contributed by atoms with Crippen LogP contribution in [0.4, 0.5) is 11.4 Å². The molecule has 0 spiro atoms. The van der Waals surface area contributed by atoms with E-state index in [1.807, 2.05) is 42.5 Å². The third kappa shape index (κ3) is 7.24. The quantitative estimate of drug-likeness (QED) is 0.112. The summed E-state index contributed by atoms with van der Waals surface area (Å²) in [6.07, 6.45) is 4.97. The number of non-ortho nitro benzene ring substituents is 1. The first-order valence-electron chi connectivity index (χ1n) is 14.2. The molecule has 3 aromatic carbocycles. The molecule has 46 heavy (non-hydrogen) atoms. The SMILES string of the molecule is CN(C)C=O.O=C(COC(=O)c1c2c(nc3ccccc13)C(=Cc1ccc3c(c1)OCO3)CCC2)Nc1cc([N+](=O)[O-])ccc1Cl. The Labute approximate surface area is 268 Å². The summed E-state index contributed by atoms with van der Waals surface area (Å²) in [4.78, 5) is 52.4. The number of benzene rings is 3. The molecule has 0 bridgehead atoms. The number of rotatable bonds is 7. The number of amides is 2. The molecule has 2 amide bonds. The molecule has 1 aliphatic carbocycles. The van der Waals surface area contributed by atoms with Crippen LogP contribution in [0.1, 0.15) is 40.0 Å². The number of pyridine rings is 1. The van der Waals surface area contributed by atoms with E-state index >= 15 is 0 Å². The van der Waals surface area contributed by atoms with Crippen LogP contribution < -0.4 is 14.8 Å². The molecule has 2 aliphatic rings. The van der Waals surface area contributed by atoms with E-state index in [0.29, 0.717) is 40.1 Å². The van der Waals surface area contributed by atoms with Crippen LogP contribution in [0.5, 0.6) is 11.5 Å². The van der Waals surface area contributed by atoms with Crippen LogP contribution in [-0.4, -0.2) is 60.6 Å². The van der Waals surface area contributed by atoms with Crippen LogP contribution in [0.25, 0.3) is 22.6 Å². The molecule has 1 N–H and O–H groups in total. The van der Waals surface area contributed by atoms with Gasteiger partial charge in [-0.05, 0) is 66.3 Å². The van der Waals surface area contributed by atoms with Crippen molar-refractivity contribution in [3.63, 3.8) is 0 Å². The number of esters is 1. The van der Waals surface area contributed by atoms with Gasteiger partial charge < -0.3 is 24.4 Å². The highest BCUT2D eigenvalue weighted by Gasteiger charge is 2.27. The normalized spacial score (nSPS) is 13.7. The molecule has 0 radical (unpaired) electrons. The minimum Gasteiger partial charge on any atom is -0.454 e. The molecule has 0 saturated heterocycles. The highest BCUT2D eigenvalue weighted by molar-refractivity contribution is 6.33. The van der Waals surface area contributed by atoms with Crippen molar-refractivity contribution >= 4 is 63.8 Å². The van der Waals surface area contributed by atoms with Gasteiger partial charge in [0.1, 0.15) is 0 Å². The summed E-state index contributed by atoms with van der Waals surface area (Å²) in [7, 11) is 3.38. The van der Waals surface area contributed by atoms with E-state index in [1.165, 1.54) is 17.0 Å². The van der Waals surface area contributed by atoms with Gasteiger partial charge in [0.05, 0.1) is 32.4 Å². The van der Waals surface area contributed by atoms with E-state index in [0.717, 1.165) is 42.0 Å². The maximum Gasteiger partial charge on any atom is 0.339 e. The van der Waals surface area contributed by atoms with Gasteiger partial charge in [0.15, 0.2) is 18.1 Å². The average molecular weight is 645 g/mol. The molecule has 13 heteroatoms. The molecule has 2 heterocycles. The lowest BCUT2D eigenvalue weighted by molar-refractivity contribution is -0.384. The second-order valence-corrected chi connectivity index (χ2v) is 11.0. The molecular weight excluding hydrogens is 616 g/mol. The summed E-state index contributed by atoms with van der Waals surface area (Å²) >= 11 is 6.08. The van der Waals surface area contributed by atoms with E-state index in [1.54, 1.807) is 20.2 Å². The number of nitrogens with one attached hydrogen (secondary N) is 1. The number of nitro groups is 1. The molecule has 0 fully saturated rings. The van der Waals surface area contributed by atoms with Crippen molar-refractivity contribution in [1.29, 1.82) is 0 Å². The van der Waals surface area contributed by atoms with Gasteiger partial charge in [0, 0.05) is 31.6 Å². The van der Waals surface area contributed by atoms with Crippen LogP contribution >= 0.6 is 11.6 Å². The smallest absolute Gasteiger partial charge is 0.339 e. The molecule has 12 nitrogen and oxygen atoms in total. The second-order valence-electron chi connectivity index (χ2n) is 10.6. The van der Waals surface area contributed by atoms with Gasteiger partial charge in [-0.25, -0.2) is 9.78 Å². The Morgan fingerprint density at radius 2 is 1.85 bits per heavy atom. The van der Waals surface area contributed by atoms with Crippen LogP contribution in [0.15, 0.2) is 60.7 Å². The number of carbonyl (C=O) groups is 3. The Bertz CT molecular complexity index is 1870. The maximum atomic E-state index is 13.5. The number of hydrogen-bond acceptors (Lipinski definition) is 9. The number of halogens is 1. The largest absolute Gasteiger partial charge is 0.454 e. The zero-order valence-corrected chi connectivity index (χ0v) is 25.7. The summed E-state index contributed by atoms with van der Waals surface area (Å²) < 4.78 is 16.4. The van der Waals surface area contributed by atoms with Crippen LogP contribution in [0.2, 0.25) is 5.02 Å². The third-order valence-corrected chi connectivity index (χ3v) is 7.42. The number of allylic oxidation sites excluding steroid dienone is 1. The molecule has 1 aliphatic heterocycles. The maximum absolute atomic E-state index is 13.5. The molecule has 4 aromatic rings. The number of nitrogens with zero attached hydrogens (tertiary/aromatic N) is 3. The fraction of sp³-hybridized carbons (Fsp3) is 0.212. The minimum atomic E-state index is -0.684. The Morgan fingerprint density at radius 1 is 1.09 bits per heavy atom. The monoisotopic (exact) mass is 644 g/mol. The van der Waals surface area contributed by atoms with Gasteiger partial charge in [-0.1, -0.05) is 35.9 Å². The molecule has 6 rings (SSSR count). The Balaban J connectivity index is 0.000000775. The van der Waals surface area contributed by atoms with E-state index in [2.05, 4.69) is 5.32 Å². The zero-order chi connectivity index (χ0) is 32.8. The van der Waals surface area contributed by atoms with Gasteiger partial charge in [0.2, 0.25) is 13.2 Å². The summed E-state index contributed by atoms with van der Waals surface area (Å²) in [6.45, 7) is -0.420. The first-order valence-corrected chi connectivity index (χ1v) is 14.6. The lowest BCUT2D eigenvalue weighted by atomic mass is 9.86. The van der Waals surface area contributed by atoms with Crippen molar-refractivity contribution in [2.24, 2.45) is 0 Å². The number of nitro benzene ring substituents is 1. The Morgan fingerprint density at radius 3 is 2.61 bits per heavy atom. The number of ether oxygens (including phenoxy) is 3. The van der Waals surface area contributed by atoms with Gasteiger partial charge >= 0.3 is 5.97 Å². The summed E-state index contributed by atoms with van der Waals surface area (Å²) in [6, 6.07) is 16.7. The van der Waals surface area contributed by atoms with Gasteiger partial charge in [-0.3, -0.25) is 19.7 Å². The predicted octanol–water partition coefficient (Wildman–Crippen LogP) is 5.90. The Hall–Kier alpha value is -5.49. The first-order chi connectivity index (χ1) is 22.1. The van der Waals surface area contributed by atoms with E-state index < -0.39 is 23.4 Å². The fourth-order valence-corrected chi connectivity index (χ4v) is 5.19. The van der Waals surface area contributed by atoms with Crippen molar-refractivity contribution in [2.45, 2.75) is 19.3 Å². The van der Waals surface area contributed by atoms with Crippen molar-refractivity contribution in [3.05, 3.63) is 98.2 Å². The number of carbonyl (C=O) groups excluding carboxylic acids is 3. The Kier molecular flexibility index (Phi) is 9.77. The molecular formula is C33H29ClN4O8. The van der Waals surface area contributed by atoms with Gasteiger partial charge in [0.25, 0.3) is 11.6 Å². The lowest BCUT2D eigenvalue weighted by Gasteiger charge is -2.22. The number of hydrogen-bond donors (Lipinski definition) is 1. The van der Waals surface area contributed by atoms with E-state index in [4.69, 9.17) is 30.8 Å². The molecule has 236 valence electrons. The molecule has 0 atom stereocenters. The van der Waals surface area contributed by atoms with Crippen molar-refractivity contribution < 1.29 is 33.5 Å². The first kappa shape index (κ1) is 31.9. The van der Waals surface area contributed by atoms with Crippen molar-refractivity contribution in [1.82, 2.24) is 9.88 Å². The van der Waals surface area contributed by atoms with Crippen LogP contribution in [0.3, 0.4) is 0 Å². The lowest BCUT2D eigenvalue weighted by Crippen LogP contribution is -2.22. The average Bonchev–Trinajstić information content (AvgIpc) is 3.52. The summed E-state index contributed by atoms with van der Waals surface area (Å²) in [5, 5.41) is 14.3. The van der Waals surface area contributed by atoms with E-state index in [-0.39, 0.29) is 23.2 Å². The second kappa shape index (κ2) is 14.1. The summed E-state index contributed by atoms with van der Waals surface area (Å²) in [5.74, 6) is 0.0266. The molecule has 0 saturated carbocycles. The number of para-hydroxylation sites is 1. The number of fused-ring (bicyclic) bond motifs is 3. The van der Waals surface area contributed by atoms with Crippen molar-refractivity contribution in [2.75, 3.05) is 32.8 Å². The standard InChI is InChI=1S/C30H22ClN3O7.C3H7NO/c31-22-10-9-19(34(37)38)14-24(22)32-27(35)15-39-30(36)28-20-5-1-2-7-23(20)33-29-18(4-3-6-21(28)29)12-17-8-11-25-26(13-17)41-16-40-25;1-4(2)3-5/h1-2,5,7-14H,3-4,6,15-16H2,(H,32,35);3H,1-2H3. The highest BCUT2D eigenvalue weighted by Crippen LogP contribution is 2.38. The van der Waals surface area contributed by atoms with E-state index in [9.17, 15) is 24.5 Å². The van der Waals surface area contributed by atoms with Gasteiger partial charge in [-0.2, -0.15) is 0 Å². The fourth-order valence-electron chi connectivity index (χ4n) is 5.02. The van der Waals surface area contributed by atoms with Crippen molar-refractivity contribution in [3.8, 4) is 11.5 Å². The molecule has 1 aromatic heterocycles. The third-order valence-electron chi connectivity index (χ3n) is 7.09. The number of aromatic nitrogens is 1. The van der Waals surface area contributed by atoms with Crippen LogP contribution in [-0.2, 0) is 20.7 Å². The summed E-state index contributed by atoms with van der Waals surface area (Å²) in [5.41, 5.74) is 4.18. The highest BCUT2D eigenvalue weighted by atomic mass is 35.5. The number of anilines is 1. The minimum absolute atomic E-state index is 0.0481. The predicted molar refractivity (Wildman–Crippen MR) is 172 cm³/mol. The molecule has 0 unspecified atom stereocenters.